The molecule has 144 valence electrons. The quantitative estimate of drug-likeness (QED) is 0.709. The van der Waals surface area contributed by atoms with E-state index in [2.05, 4.69) is 10.6 Å². The lowest BCUT2D eigenvalue weighted by Gasteiger charge is -2.15. The highest BCUT2D eigenvalue weighted by atomic mass is 32.2. The molecule has 1 atom stereocenters. The topological polar surface area (TPSA) is 75.3 Å². The molecule has 2 aromatic rings. The second kappa shape index (κ2) is 8.26. The zero-order chi connectivity index (χ0) is 19.4. The first kappa shape index (κ1) is 19.6. The molecular weight excluding hydrogens is 394 g/mol. The Morgan fingerprint density at radius 3 is 2.44 bits per heavy atom. The van der Waals surface area contributed by atoms with E-state index in [-0.39, 0.29) is 23.5 Å². The molecule has 1 amide bonds. The first-order chi connectivity index (χ1) is 12.8. The smallest absolute Gasteiger partial charge is 0.288 e. The zero-order valence-electron chi connectivity index (χ0n) is 14.2. The van der Waals surface area contributed by atoms with Crippen molar-refractivity contribution in [3.8, 4) is 0 Å². The second-order valence-corrected chi connectivity index (χ2v) is 9.44. The van der Waals surface area contributed by atoms with Gasteiger partial charge in [0.1, 0.15) is 0 Å². The molecule has 9 heteroatoms. The molecular formula is C18H18F2N2O3S2. The van der Waals surface area contributed by atoms with Crippen LogP contribution in [0.3, 0.4) is 0 Å². The van der Waals surface area contributed by atoms with Gasteiger partial charge in [-0.15, -0.1) is 0 Å². The van der Waals surface area contributed by atoms with E-state index in [0.717, 1.165) is 0 Å². The van der Waals surface area contributed by atoms with Gasteiger partial charge < -0.3 is 10.6 Å². The number of para-hydroxylation sites is 1. The summed E-state index contributed by atoms with van der Waals surface area (Å²) in [7, 11) is -3.08. The summed E-state index contributed by atoms with van der Waals surface area (Å²) in [4.78, 5) is 13.0. The van der Waals surface area contributed by atoms with Gasteiger partial charge in [0.25, 0.3) is 11.7 Å². The normalized spacial score (nSPS) is 18.4. The number of anilines is 2. The van der Waals surface area contributed by atoms with Crippen LogP contribution in [0, 0.1) is 0 Å². The number of nitrogens with one attached hydrogen (secondary N) is 2. The number of carbonyl (C=O) groups is 1. The molecule has 3 rings (SSSR count). The van der Waals surface area contributed by atoms with E-state index >= 15 is 0 Å². The molecule has 0 saturated carbocycles. The Kier molecular flexibility index (Phi) is 6.01. The predicted molar refractivity (Wildman–Crippen MR) is 103 cm³/mol. The van der Waals surface area contributed by atoms with E-state index in [9.17, 15) is 22.0 Å². The van der Waals surface area contributed by atoms with E-state index in [1.165, 1.54) is 0 Å². The lowest BCUT2D eigenvalue weighted by Crippen LogP contribution is -2.35. The first-order valence-corrected chi connectivity index (χ1v) is 10.9. The molecule has 0 spiro atoms. The molecule has 2 N–H and O–H groups in total. The third-order valence-electron chi connectivity index (χ3n) is 4.10. The highest BCUT2D eigenvalue weighted by molar-refractivity contribution is 7.99. The minimum absolute atomic E-state index is 0.0440. The van der Waals surface area contributed by atoms with Crippen molar-refractivity contribution in [3.05, 3.63) is 54.1 Å². The van der Waals surface area contributed by atoms with Crippen LogP contribution >= 0.6 is 11.8 Å². The number of rotatable bonds is 6. The van der Waals surface area contributed by atoms with Crippen molar-refractivity contribution in [2.45, 2.75) is 23.1 Å². The van der Waals surface area contributed by atoms with Crippen molar-refractivity contribution in [1.29, 1.82) is 0 Å². The van der Waals surface area contributed by atoms with E-state index in [1.54, 1.807) is 48.5 Å². The van der Waals surface area contributed by atoms with Crippen molar-refractivity contribution in [2.24, 2.45) is 0 Å². The minimum atomic E-state index is -3.08. The van der Waals surface area contributed by atoms with Gasteiger partial charge in [-0.2, -0.15) is 8.78 Å². The maximum absolute atomic E-state index is 12.6. The van der Waals surface area contributed by atoms with Crippen LogP contribution < -0.4 is 10.6 Å². The van der Waals surface area contributed by atoms with Gasteiger partial charge >= 0.3 is 0 Å². The zero-order valence-corrected chi connectivity index (χ0v) is 15.8. The average Bonchev–Trinajstić information content (AvgIpc) is 2.95. The third kappa shape index (κ3) is 5.43. The Bertz CT molecular complexity index is 918. The fourth-order valence-corrected chi connectivity index (χ4v) is 5.01. The Morgan fingerprint density at radius 1 is 1.11 bits per heavy atom. The summed E-state index contributed by atoms with van der Waals surface area (Å²) in [5, 5.41) is 5.86. The Labute approximate surface area is 160 Å². The van der Waals surface area contributed by atoms with Gasteiger partial charge in [-0.05, 0) is 42.8 Å². The van der Waals surface area contributed by atoms with Gasteiger partial charge in [-0.1, -0.05) is 23.9 Å². The van der Waals surface area contributed by atoms with Crippen molar-refractivity contribution in [3.63, 3.8) is 0 Å². The minimum Gasteiger partial charge on any atom is -0.355 e. The van der Waals surface area contributed by atoms with Crippen LogP contribution in [0.2, 0.25) is 0 Å². The lowest BCUT2D eigenvalue weighted by molar-refractivity contribution is 0.0942. The van der Waals surface area contributed by atoms with Crippen molar-refractivity contribution >= 4 is 38.9 Å². The second-order valence-electron chi connectivity index (χ2n) is 6.15. The fourth-order valence-electron chi connectivity index (χ4n) is 2.84. The molecule has 1 aliphatic rings. The largest absolute Gasteiger partial charge is 0.355 e. The molecule has 0 radical (unpaired) electrons. The molecule has 1 saturated heterocycles. The number of thioether (sulfide) groups is 1. The molecule has 0 aliphatic carbocycles. The summed E-state index contributed by atoms with van der Waals surface area (Å²) < 4.78 is 47.9. The van der Waals surface area contributed by atoms with Gasteiger partial charge in [-0.3, -0.25) is 4.79 Å². The maximum Gasteiger partial charge on any atom is 0.288 e. The van der Waals surface area contributed by atoms with Gasteiger partial charge in [0.05, 0.1) is 22.8 Å². The molecule has 1 fully saturated rings. The summed E-state index contributed by atoms with van der Waals surface area (Å²) in [6.45, 7) is 0. The van der Waals surface area contributed by atoms with Gasteiger partial charge in [0.2, 0.25) is 0 Å². The molecule has 2 aromatic carbocycles. The number of alkyl halides is 2. The fraction of sp³-hybridized carbons (Fsp3) is 0.278. The number of carbonyl (C=O) groups excluding carboxylic acids is 1. The Balaban J connectivity index is 1.71. The van der Waals surface area contributed by atoms with Crippen molar-refractivity contribution in [1.82, 2.24) is 5.32 Å². The van der Waals surface area contributed by atoms with Crippen molar-refractivity contribution in [2.75, 3.05) is 16.8 Å². The molecule has 1 aliphatic heterocycles. The van der Waals surface area contributed by atoms with Crippen LogP contribution in [0.5, 0.6) is 0 Å². The highest BCUT2D eigenvalue weighted by Gasteiger charge is 2.29. The Hall–Kier alpha value is -2.13. The van der Waals surface area contributed by atoms with Gasteiger partial charge in [0.15, 0.2) is 9.84 Å². The highest BCUT2D eigenvalue weighted by Crippen LogP contribution is 2.28. The third-order valence-corrected chi connectivity index (χ3v) is 6.59. The molecule has 0 aromatic heterocycles. The number of amides is 1. The van der Waals surface area contributed by atoms with Crippen LogP contribution in [0.25, 0.3) is 0 Å². The van der Waals surface area contributed by atoms with Crippen LogP contribution in [0.4, 0.5) is 20.2 Å². The van der Waals surface area contributed by atoms with E-state index in [0.29, 0.717) is 40.0 Å². The number of sulfone groups is 1. The summed E-state index contributed by atoms with van der Waals surface area (Å²) in [6.07, 6.45) is 0.410. The van der Waals surface area contributed by atoms with Crippen LogP contribution in [0.1, 0.15) is 16.8 Å². The van der Waals surface area contributed by atoms with E-state index in [1.807, 2.05) is 0 Å². The monoisotopic (exact) mass is 412 g/mol. The molecule has 5 nitrogen and oxygen atoms in total. The number of hydrogen-bond acceptors (Lipinski definition) is 5. The lowest BCUT2D eigenvalue weighted by atomic mass is 10.1. The summed E-state index contributed by atoms with van der Waals surface area (Å²) >= 11 is 0.465. The summed E-state index contributed by atoms with van der Waals surface area (Å²) in [5.41, 5.74) is 1.58. The standard InChI is InChI=1S/C18H18F2N2O3S2/c19-18(20)26-14-7-5-12(6-8-14)21-16-4-2-1-3-15(16)17(23)22-13-9-10-27(24,25)11-13/h1-8,13,18,21H,9-11H2,(H,22,23)/t13-/m0/s1. The van der Waals surface area contributed by atoms with Crippen LogP contribution in [-0.2, 0) is 9.84 Å². The summed E-state index contributed by atoms with van der Waals surface area (Å²) in [5.74, 6) is -2.80. The number of halogens is 2. The van der Waals surface area contributed by atoms with Crippen LogP contribution in [0.15, 0.2) is 53.4 Å². The Morgan fingerprint density at radius 2 is 1.81 bits per heavy atom. The number of benzene rings is 2. The SMILES string of the molecule is O=C(N[C@H]1CCS(=O)(=O)C1)c1ccccc1Nc1ccc(SC(F)F)cc1. The maximum atomic E-state index is 12.6. The average molecular weight is 412 g/mol. The van der Waals surface area contributed by atoms with Crippen LogP contribution in [-0.4, -0.2) is 37.6 Å². The van der Waals surface area contributed by atoms with E-state index in [4.69, 9.17) is 0 Å². The number of hydrogen-bond donors (Lipinski definition) is 2. The van der Waals surface area contributed by atoms with Crippen molar-refractivity contribution < 1.29 is 22.0 Å². The molecule has 0 unspecified atom stereocenters. The first-order valence-electron chi connectivity index (χ1n) is 8.24. The van der Waals surface area contributed by atoms with Gasteiger partial charge in [0, 0.05) is 16.6 Å². The predicted octanol–water partition coefficient (Wildman–Crippen LogP) is 3.66. The summed E-state index contributed by atoms with van der Waals surface area (Å²) in [6, 6.07) is 12.9. The molecule has 1 heterocycles. The van der Waals surface area contributed by atoms with Gasteiger partial charge in [-0.25, -0.2) is 8.42 Å². The van der Waals surface area contributed by atoms with E-state index < -0.39 is 15.6 Å². The molecule has 27 heavy (non-hydrogen) atoms. The molecule has 0 bridgehead atoms.